The Hall–Kier alpha value is -3.28. The summed E-state index contributed by atoms with van der Waals surface area (Å²) in [5, 5.41) is 3.98. The molecule has 1 amide bonds. The van der Waals surface area contributed by atoms with Gasteiger partial charge in [-0.2, -0.15) is 0 Å². The molecular weight excluding hydrogens is 380 g/mol. The first-order chi connectivity index (χ1) is 14.6. The topological polar surface area (TPSA) is 69.6 Å². The zero-order valence-corrected chi connectivity index (χ0v) is 17.3. The summed E-state index contributed by atoms with van der Waals surface area (Å²) in [7, 11) is 0. The Bertz CT molecular complexity index is 1090. The second-order valence-corrected chi connectivity index (χ2v) is 7.53. The van der Waals surface area contributed by atoms with E-state index in [0.717, 1.165) is 40.8 Å². The number of Topliss-reactive ketones (excluding diaryl/α,β-unsaturated/α-hetero) is 1. The number of benzene rings is 2. The van der Waals surface area contributed by atoms with Crippen molar-refractivity contribution in [3.8, 4) is 11.5 Å². The van der Waals surface area contributed by atoms with Gasteiger partial charge >= 0.3 is 0 Å². The number of rotatable bonds is 6. The Morgan fingerprint density at radius 1 is 1.10 bits per heavy atom. The van der Waals surface area contributed by atoms with E-state index < -0.39 is 0 Å². The van der Waals surface area contributed by atoms with Gasteiger partial charge in [0.1, 0.15) is 6.54 Å². The van der Waals surface area contributed by atoms with Crippen molar-refractivity contribution in [3.05, 3.63) is 59.8 Å². The lowest BCUT2D eigenvalue weighted by molar-refractivity contribution is -0.122. The van der Waals surface area contributed by atoms with Crippen molar-refractivity contribution >= 4 is 22.6 Å². The van der Waals surface area contributed by atoms with Gasteiger partial charge < -0.3 is 19.4 Å². The van der Waals surface area contributed by atoms with E-state index in [4.69, 9.17) is 9.47 Å². The van der Waals surface area contributed by atoms with Gasteiger partial charge in [-0.05, 0) is 37.1 Å². The Labute approximate surface area is 175 Å². The van der Waals surface area contributed by atoms with Gasteiger partial charge in [-0.15, -0.1) is 0 Å². The predicted molar refractivity (Wildman–Crippen MR) is 115 cm³/mol. The molecule has 6 heteroatoms. The van der Waals surface area contributed by atoms with Crippen molar-refractivity contribution in [3.63, 3.8) is 0 Å². The van der Waals surface area contributed by atoms with Crippen molar-refractivity contribution < 1.29 is 19.1 Å². The third kappa shape index (κ3) is 4.03. The van der Waals surface area contributed by atoms with Crippen LogP contribution in [0.5, 0.6) is 11.5 Å². The van der Waals surface area contributed by atoms with Crippen LogP contribution < -0.4 is 14.8 Å². The molecular formula is C24H26N2O4. The number of nitrogens with zero attached hydrogens (tertiary/aromatic N) is 1. The SMILES string of the molecule is CCC(NC(=O)Cn1cc(C(C)=O)c2ccccc21)c1ccc2c(c1)OCCCO2. The van der Waals surface area contributed by atoms with Crippen molar-refractivity contribution in [2.24, 2.45) is 0 Å². The molecule has 1 aliphatic rings. The van der Waals surface area contributed by atoms with E-state index in [-0.39, 0.29) is 24.3 Å². The van der Waals surface area contributed by atoms with E-state index >= 15 is 0 Å². The van der Waals surface area contributed by atoms with E-state index in [2.05, 4.69) is 5.32 Å². The van der Waals surface area contributed by atoms with Crippen LogP contribution in [-0.4, -0.2) is 29.5 Å². The van der Waals surface area contributed by atoms with Crippen LogP contribution in [0.2, 0.25) is 0 Å². The normalized spacial score (nSPS) is 14.2. The first-order valence-electron chi connectivity index (χ1n) is 10.3. The van der Waals surface area contributed by atoms with Gasteiger partial charge in [0, 0.05) is 29.1 Å². The average molecular weight is 406 g/mol. The highest BCUT2D eigenvalue weighted by Crippen LogP contribution is 2.33. The molecule has 1 aromatic heterocycles. The zero-order valence-electron chi connectivity index (χ0n) is 17.3. The van der Waals surface area contributed by atoms with Crippen molar-refractivity contribution in [1.29, 1.82) is 0 Å². The maximum absolute atomic E-state index is 12.8. The maximum Gasteiger partial charge on any atom is 0.240 e. The molecule has 6 nitrogen and oxygen atoms in total. The Balaban J connectivity index is 1.53. The summed E-state index contributed by atoms with van der Waals surface area (Å²) < 4.78 is 13.3. The Morgan fingerprint density at radius 2 is 1.87 bits per heavy atom. The number of hydrogen-bond donors (Lipinski definition) is 1. The fourth-order valence-corrected chi connectivity index (χ4v) is 3.87. The molecule has 0 saturated carbocycles. The van der Waals surface area contributed by atoms with E-state index in [9.17, 15) is 9.59 Å². The van der Waals surface area contributed by atoms with Gasteiger partial charge in [0.15, 0.2) is 17.3 Å². The molecule has 0 aliphatic carbocycles. The second-order valence-electron chi connectivity index (χ2n) is 7.53. The molecule has 2 aromatic carbocycles. The number of hydrogen-bond acceptors (Lipinski definition) is 4. The summed E-state index contributed by atoms with van der Waals surface area (Å²) >= 11 is 0. The van der Waals surface area contributed by atoms with Gasteiger partial charge in [0.2, 0.25) is 5.91 Å². The summed E-state index contributed by atoms with van der Waals surface area (Å²) in [5.74, 6) is 1.35. The fraction of sp³-hybridized carbons (Fsp3) is 0.333. The summed E-state index contributed by atoms with van der Waals surface area (Å²) in [6.45, 7) is 5.00. The van der Waals surface area contributed by atoms with E-state index in [0.29, 0.717) is 18.8 Å². The molecule has 1 N–H and O–H groups in total. The number of aromatic nitrogens is 1. The Morgan fingerprint density at radius 3 is 2.63 bits per heavy atom. The molecule has 1 atom stereocenters. The number of fused-ring (bicyclic) bond motifs is 2. The number of ether oxygens (including phenoxy) is 2. The van der Waals surface area contributed by atoms with Crippen LogP contribution in [-0.2, 0) is 11.3 Å². The molecule has 3 aromatic rings. The van der Waals surface area contributed by atoms with Gasteiger partial charge in [0.25, 0.3) is 0 Å². The van der Waals surface area contributed by atoms with Crippen molar-refractivity contribution in [1.82, 2.24) is 9.88 Å². The lowest BCUT2D eigenvalue weighted by Crippen LogP contribution is -2.31. The maximum atomic E-state index is 12.8. The molecule has 0 bridgehead atoms. The van der Waals surface area contributed by atoms with Gasteiger partial charge in [0.05, 0.1) is 19.3 Å². The lowest BCUT2D eigenvalue weighted by atomic mass is 10.0. The number of carbonyl (C=O) groups is 2. The van der Waals surface area contributed by atoms with Crippen LogP contribution in [0, 0.1) is 0 Å². The van der Waals surface area contributed by atoms with Crippen molar-refractivity contribution in [2.45, 2.75) is 39.3 Å². The monoisotopic (exact) mass is 406 g/mol. The highest BCUT2D eigenvalue weighted by Gasteiger charge is 2.19. The molecule has 0 saturated heterocycles. The minimum atomic E-state index is -0.135. The van der Waals surface area contributed by atoms with Gasteiger partial charge in [-0.1, -0.05) is 31.2 Å². The molecule has 156 valence electrons. The largest absolute Gasteiger partial charge is 0.490 e. The molecule has 4 rings (SSSR count). The Kier molecular flexibility index (Phi) is 5.74. The molecule has 0 radical (unpaired) electrons. The van der Waals surface area contributed by atoms with Crippen LogP contribution in [0.25, 0.3) is 10.9 Å². The molecule has 0 spiro atoms. The quantitative estimate of drug-likeness (QED) is 0.621. The minimum absolute atomic E-state index is 0.0102. The summed E-state index contributed by atoms with van der Waals surface area (Å²) in [6, 6.07) is 13.3. The van der Waals surface area contributed by atoms with Gasteiger partial charge in [-0.3, -0.25) is 9.59 Å². The predicted octanol–water partition coefficient (Wildman–Crippen LogP) is 4.27. The summed E-state index contributed by atoms with van der Waals surface area (Å²) in [4.78, 5) is 24.8. The number of carbonyl (C=O) groups excluding carboxylic acids is 2. The summed E-state index contributed by atoms with van der Waals surface area (Å²) in [6.07, 6.45) is 3.36. The molecule has 0 fully saturated rings. The molecule has 2 heterocycles. The zero-order chi connectivity index (χ0) is 21.1. The number of nitrogens with one attached hydrogen (secondary N) is 1. The van der Waals surface area contributed by atoms with Crippen LogP contribution >= 0.6 is 0 Å². The lowest BCUT2D eigenvalue weighted by Gasteiger charge is -2.19. The average Bonchev–Trinajstić information content (AvgIpc) is 2.94. The van der Waals surface area contributed by atoms with Crippen LogP contribution in [0.15, 0.2) is 48.7 Å². The minimum Gasteiger partial charge on any atom is -0.490 e. The highest BCUT2D eigenvalue weighted by atomic mass is 16.5. The molecule has 1 unspecified atom stereocenters. The van der Waals surface area contributed by atoms with Crippen LogP contribution in [0.3, 0.4) is 0 Å². The molecule has 30 heavy (non-hydrogen) atoms. The fourth-order valence-electron chi connectivity index (χ4n) is 3.87. The third-order valence-corrected chi connectivity index (χ3v) is 5.40. The first kappa shape index (κ1) is 20.0. The first-order valence-corrected chi connectivity index (χ1v) is 10.3. The summed E-state index contributed by atoms with van der Waals surface area (Å²) in [5.41, 5.74) is 2.49. The standard InChI is InChI=1S/C24H26N2O4/c1-3-20(17-9-10-22-23(13-17)30-12-6-11-29-22)25-24(28)15-26-14-19(16(2)27)18-7-4-5-8-21(18)26/h4-5,7-10,13-14,20H,3,6,11-12,15H2,1-2H3,(H,25,28). The van der Waals surface area contributed by atoms with E-state index in [1.807, 2.05) is 54.0 Å². The van der Waals surface area contributed by atoms with E-state index in [1.54, 1.807) is 13.1 Å². The number of ketones is 1. The van der Waals surface area contributed by atoms with Crippen molar-refractivity contribution in [2.75, 3.05) is 13.2 Å². The highest BCUT2D eigenvalue weighted by molar-refractivity contribution is 6.07. The van der Waals surface area contributed by atoms with Crippen LogP contribution in [0.4, 0.5) is 0 Å². The van der Waals surface area contributed by atoms with E-state index in [1.165, 1.54) is 0 Å². The number of amides is 1. The smallest absolute Gasteiger partial charge is 0.240 e. The van der Waals surface area contributed by atoms with Gasteiger partial charge in [-0.25, -0.2) is 0 Å². The number of para-hydroxylation sites is 1. The second kappa shape index (κ2) is 8.61. The van der Waals surface area contributed by atoms with Crippen LogP contribution in [0.1, 0.15) is 48.7 Å². The molecule has 1 aliphatic heterocycles. The third-order valence-electron chi connectivity index (χ3n) is 5.40.